The predicted octanol–water partition coefficient (Wildman–Crippen LogP) is 2.20. The van der Waals surface area contributed by atoms with E-state index in [-0.39, 0.29) is 6.10 Å². The van der Waals surface area contributed by atoms with E-state index < -0.39 is 0 Å². The molecule has 1 aromatic carbocycles. The summed E-state index contributed by atoms with van der Waals surface area (Å²) in [5.41, 5.74) is 2.44. The van der Waals surface area contributed by atoms with Crippen molar-refractivity contribution >= 4 is 6.08 Å². The van der Waals surface area contributed by atoms with Crippen molar-refractivity contribution in [1.82, 2.24) is 0 Å². The van der Waals surface area contributed by atoms with Crippen LogP contribution in [0.3, 0.4) is 0 Å². The lowest BCUT2D eigenvalue weighted by molar-refractivity contribution is 0.140. The Bertz CT molecular complexity index is 289. The molecule has 0 bridgehead atoms. The summed E-state index contributed by atoms with van der Waals surface area (Å²) < 4.78 is 5.20. The average Bonchev–Trinajstić information content (AvgIpc) is 2.47. The van der Waals surface area contributed by atoms with Crippen LogP contribution < -0.4 is 0 Å². The maximum Gasteiger partial charge on any atom is 0.108 e. The van der Waals surface area contributed by atoms with Crippen molar-refractivity contribution in [1.29, 1.82) is 0 Å². The molecule has 1 radical (unpaired) electrons. The Morgan fingerprint density at radius 2 is 2.18 bits per heavy atom. The molecule has 1 heteroatoms. The summed E-state index contributed by atoms with van der Waals surface area (Å²) in [5, 5.41) is 0. The molecule has 0 N–H and O–H groups in total. The Hall–Kier alpha value is -1.08. The van der Waals surface area contributed by atoms with Crippen LogP contribution in [0.1, 0.15) is 17.2 Å². The van der Waals surface area contributed by atoms with Gasteiger partial charge in [0.25, 0.3) is 0 Å². The van der Waals surface area contributed by atoms with Gasteiger partial charge in [0, 0.05) is 7.11 Å². The Balaban J connectivity index is 2.46. The van der Waals surface area contributed by atoms with Gasteiger partial charge in [-0.2, -0.15) is 0 Å². The van der Waals surface area contributed by atoms with E-state index in [1.54, 1.807) is 7.11 Å². The Kier molecular flexibility index (Phi) is 1.51. The molecule has 0 aromatic heterocycles. The molecule has 55 valence electrons. The molecule has 0 saturated heterocycles. The first-order chi connectivity index (χ1) is 5.42. The zero-order valence-corrected chi connectivity index (χ0v) is 6.37. The summed E-state index contributed by atoms with van der Waals surface area (Å²) in [6, 6.07) is 8.18. The monoisotopic (exact) mass is 145 g/mol. The molecule has 0 spiro atoms. The van der Waals surface area contributed by atoms with Crippen LogP contribution >= 0.6 is 0 Å². The maximum absolute atomic E-state index is 5.20. The summed E-state index contributed by atoms with van der Waals surface area (Å²) in [5.74, 6) is 0. The molecule has 1 nitrogen and oxygen atoms in total. The summed E-state index contributed by atoms with van der Waals surface area (Å²) in [6.07, 6.45) is 5.15. The minimum atomic E-state index is 0.0474. The van der Waals surface area contributed by atoms with E-state index in [2.05, 4.69) is 18.2 Å². The van der Waals surface area contributed by atoms with Gasteiger partial charge < -0.3 is 4.74 Å². The zero-order valence-electron chi connectivity index (χ0n) is 6.37. The molecular formula is C10H9O. The van der Waals surface area contributed by atoms with E-state index in [0.717, 1.165) is 0 Å². The van der Waals surface area contributed by atoms with E-state index in [9.17, 15) is 0 Å². The van der Waals surface area contributed by atoms with Gasteiger partial charge in [0.05, 0.1) is 0 Å². The highest BCUT2D eigenvalue weighted by molar-refractivity contribution is 5.58. The molecule has 0 heterocycles. The zero-order chi connectivity index (χ0) is 7.68. The quantitative estimate of drug-likeness (QED) is 0.588. The van der Waals surface area contributed by atoms with Crippen LogP contribution in [0.4, 0.5) is 0 Å². The Morgan fingerprint density at radius 1 is 1.36 bits per heavy atom. The van der Waals surface area contributed by atoms with Gasteiger partial charge in [0.15, 0.2) is 0 Å². The molecule has 0 saturated carbocycles. The largest absolute Gasteiger partial charge is 0.372 e. The number of hydrogen-bond acceptors (Lipinski definition) is 1. The van der Waals surface area contributed by atoms with Crippen molar-refractivity contribution in [3.05, 3.63) is 41.5 Å². The molecule has 2 rings (SSSR count). The highest BCUT2D eigenvalue weighted by Gasteiger charge is 2.15. The van der Waals surface area contributed by atoms with Crippen LogP contribution in [0, 0.1) is 6.08 Å². The minimum absolute atomic E-state index is 0.0474. The van der Waals surface area contributed by atoms with Crippen LogP contribution in [0.15, 0.2) is 24.3 Å². The molecule has 1 unspecified atom stereocenters. The second-order valence-corrected chi connectivity index (χ2v) is 2.56. The van der Waals surface area contributed by atoms with Crippen molar-refractivity contribution < 1.29 is 4.74 Å². The van der Waals surface area contributed by atoms with Crippen LogP contribution in [0.2, 0.25) is 0 Å². The van der Waals surface area contributed by atoms with Gasteiger partial charge in [0.2, 0.25) is 0 Å². The lowest BCUT2D eigenvalue weighted by Crippen LogP contribution is -1.94. The van der Waals surface area contributed by atoms with Gasteiger partial charge in [0.1, 0.15) is 6.10 Å². The number of benzene rings is 1. The molecule has 0 amide bonds. The van der Waals surface area contributed by atoms with Gasteiger partial charge in [-0.15, -0.1) is 0 Å². The standard InChI is InChI=1S/C10H9O/c1-11-10-7-6-8-4-2-3-5-9(8)10/h2-6,10H,1H3. The third-order valence-electron chi connectivity index (χ3n) is 1.90. The number of methoxy groups -OCH3 is 1. The number of ether oxygens (including phenoxy) is 1. The summed E-state index contributed by atoms with van der Waals surface area (Å²) in [7, 11) is 1.70. The van der Waals surface area contributed by atoms with Gasteiger partial charge >= 0.3 is 0 Å². The molecule has 1 aliphatic carbocycles. The first kappa shape index (κ1) is 6.62. The third kappa shape index (κ3) is 0.976. The molecule has 0 fully saturated rings. The average molecular weight is 145 g/mol. The summed E-state index contributed by atoms with van der Waals surface area (Å²) >= 11 is 0. The van der Waals surface area contributed by atoms with Gasteiger partial charge in [-0.25, -0.2) is 0 Å². The van der Waals surface area contributed by atoms with Gasteiger partial charge in [-0.3, -0.25) is 0 Å². The van der Waals surface area contributed by atoms with Crippen molar-refractivity contribution in [2.75, 3.05) is 7.11 Å². The normalized spacial score (nSPS) is 20.3. The number of fused-ring (bicyclic) bond motifs is 1. The second-order valence-electron chi connectivity index (χ2n) is 2.56. The molecule has 1 aromatic rings. The predicted molar refractivity (Wildman–Crippen MR) is 43.9 cm³/mol. The summed E-state index contributed by atoms with van der Waals surface area (Å²) in [6.45, 7) is 0. The van der Waals surface area contributed by atoms with Crippen molar-refractivity contribution in [2.45, 2.75) is 6.10 Å². The van der Waals surface area contributed by atoms with E-state index in [1.807, 2.05) is 18.2 Å². The van der Waals surface area contributed by atoms with Crippen LogP contribution in [-0.2, 0) is 4.74 Å². The fourth-order valence-electron chi connectivity index (χ4n) is 1.33. The van der Waals surface area contributed by atoms with Crippen molar-refractivity contribution in [2.24, 2.45) is 0 Å². The lowest BCUT2D eigenvalue weighted by Gasteiger charge is -2.06. The van der Waals surface area contributed by atoms with E-state index in [0.29, 0.717) is 0 Å². The number of rotatable bonds is 1. The first-order valence-electron chi connectivity index (χ1n) is 3.63. The van der Waals surface area contributed by atoms with Crippen molar-refractivity contribution in [3.8, 4) is 0 Å². The van der Waals surface area contributed by atoms with Crippen LogP contribution in [0.5, 0.6) is 0 Å². The Labute approximate surface area is 66.3 Å². The maximum atomic E-state index is 5.20. The van der Waals surface area contributed by atoms with Gasteiger partial charge in [-0.05, 0) is 23.3 Å². The van der Waals surface area contributed by atoms with E-state index >= 15 is 0 Å². The fourth-order valence-corrected chi connectivity index (χ4v) is 1.33. The topological polar surface area (TPSA) is 9.23 Å². The number of hydrogen-bond donors (Lipinski definition) is 0. The highest BCUT2D eigenvalue weighted by Crippen LogP contribution is 2.28. The smallest absolute Gasteiger partial charge is 0.108 e. The fraction of sp³-hybridized carbons (Fsp3) is 0.200. The first-order valence-corrected chi connectivity index (χ1v) is 3.63. The minimum Gasteiger partial charge on any atom is -0.372 e. The van der Waals surface area contributed by atoms with E-state index in [4.69, 9.17) is 4.74 Å². The molecule has 11 heavy (non-hydrogen) atoms. The van der Waals surface area contributed by atoms with Crippen molar-refractivity contribution in [3.63, 3.8) is 0 Å². The molecule has 1 aliphatic rings. The summed E-state index contributed by atoms with van der Waals surface area (Å²) in [4.78, 5) is 0. The van der Waals surface area contributed by atoms with Gasteiger partial charge in [-0.1, -0.05) is 24.3 Å². The highest BCUT2D eigenvalue weighted by atomic mass is 16.5. The third-order valence-corrected chi connectivity index (χ3v) is 1.90. The SMILES string of the molecule is COC1[C]=Cc2ccccc21. The molecule has 1 atom stereocenters. The van der Waals surface area contributed by atoms with Crippen LogP contribution in [-0.4, -0.2) is 7.11 Å². The van der Waals surface area contributed by atoms with E-state index in [1.165, 1.54) is 11.1 Å². The molecule has 0 aliphatic heterocycles. The molecular weight excluding hydrogens is 136 g/mol. The lowest BCUT2D eigenvalue weighted by atomic mass is 10.1. The Morgan fingerprint density at radius 3 is 3.00 bits per heavy atom. The second kappa shape index (κ2) is 2.51. The van der Waals surface area contributed by atoms with Crippen LogP contribution in [0.25, 0.3) is 6.08 Å².